The van der Waals surface area contributed by atoms with Crippen LogP contribution in [0.2, 0.25) is 0 Å². The van der Waals surface area contributed by atoms with Gasteiger partial charge in [-0.25, -0.2) is 4.79 Å². The summed E-state index contributed by atoms with van der Waals surface area (Å²) in [5, 5.41) is 9.50. The lowest BCUT2D eigenvalue weighted by molar-refractivity contribution is -0.150. The van der Waals surface area contributed by atoms with E-state index in [-0.39, 0.29) is 11.8 Å². The lowest BCUT2D eigenvalue weighted by atomic mass is 9.94. The lowest BCUT2D eigenvalue weighted by Crippen LogP contribution is -2.46. The van der Waals surface area contributed by atoms with Crippen LogP contribution in [-0.4, -0.2) is 34.5 Å². The van der Waals surface area contributed by atoms with Crippen molar-refractivity contribution in [2.75, 3.05) is 6.54 Å². The van der Waals surface area contributed by atoms with E-state index in [2.05, 4.69) is 0 Å². The van der Waals surface area contributed by atoms with Crippen LogP contribution in [0.3, 0.4) is 0 Å². The largest absolute Gasteiger partial charge is 0.480 e. The zero-order valence-electron chi connectivity index (χ0n) is 11.8. The second-order valence-corrected chi connectivity index (χ2v) is 6.02. The Bertz CT molecular complexity index is 546. The molecule has 1 saturated carbocycles. The maximum atomic E-state index is 12.6. The maximum Gasteiger partial charge on any atom is 0.326 e. The number of likely N-dealkylation sites (tertiary alicyclic amines) is 1. The van der Waals surface area contributed by atoms with E-state index in [4.69, 9.17) is 5.73 Å². The molecular formula is C16H20N2O3. The highest BCUT2D eigenvalue weighted by Gasteiger charge is 2.50. The van der Waals surface area contributed by atoms with E-state index in [1.54, 1.807) is 12.1 Å². The van der Waals surface area contributed by atoms with Crippen LogP contribution in [-0.2, 0) is 9.59 Å². The molecule has 1 aliphatic carbocycles. The van der Waals surface area contributed by atoms with Gasteiger partial charge in [-0.2, -0.15) is 0 Å². The molecule has 1 saturated heterocycles. The molecule has 2 aliphatic rings. The fraction of sp³-hybridized carbons (Fsp3) is 0.500. The molecule has 2 fully saturated rings. The first-order chi connectivity index (χ1) is 10.1. The van der Waals surface area contributed by atoms with Gasteiger partial charge in [0, 0.05) is 6.54 Å². The third kappa shape index (κ3) is 2.42. The van der Waals surface area contributed by atoms with Gasteiger partial charge in [-0.3, -0.25) is 4.79 Å². The molecule has 0 aromatic heterocycles. The fourth-order valence-corrected chi connectivity index (χ4v) is 3.83. The Morgan fingerprint density at radius 2 is 1.95 bits per heavy atom. The molecule has 1 aromatic carbocycles. The molecule has 1 aliphatic heterocycles. The van der Waals surface area contributed by atoms with Crippen molar-refractivity contribution < 1.29 is 14.7 Å². The van der Waals surface area contributed by atoms with Gasteiger partial charge in [0.15, 0.2) is 0 Å². The van der Waals surface area contributed by atoms with Crippen LogP contribution < -0.4 is 5.73 Å². The van der Waals surface area contributed by atoms with E-state index >= 15 is 0 Å². The van der Waals surface area contributed by atoms with Crippen molar-refractivity contribution in [3.63, 3.8) is 0 Å². The van der Waals surface area contributed by atoms with E-state index < -0.39 is 18.1 Å². The highest BCUT2D eigenvalue weighted by Crippen LogP contribution is 2.42. The van der Waals surface area contributed by atoms with Gasteiger partial charge in [-0.05, 0) is 30.2 Å². The van der Waals surface area contributed by atoms with Crippen LogP contribution in [0.15, 0.2) is 30.3 Å². The fourth-order valence-electron chi connectivity index (χ4n) is 3.83. The number of nitrogens with zero attached hydrogens (tertiary/aromatic N) is 1. The molecule has 5 heteroatoms. The van der Waals surface area contributed by atoms with Crippen molar-refractivity contribution in [1.29, 1.82) is 0 Å². The Labute approximate surface area is 123 Å². The van der Waals surface area contributed by atoms with Crippen molar-refractivity contribution in [3.8, 4) is 0 Å². The van der Waals surface area contributed by atoms with Crippen molar-refractivity contribution in [1.82, 2.24) is 4.90 Å². The van der Waals surface area contributed by atoms with Crippen LogP contribution >= 0.6 is 0 Å². The SMILES string of the molecule is NC(C(=O)N1CC2CCCC2C1C(=O)O)c1ccccc1. The predicted molar refractivity (Wildman–Crippen MR) is 77.3 cm³/mol. The van der Waals surface area contributed by atoms with Gasteiger partial charge in [0.2, 0.25) is 5.91 Å². The van der Waals surface area contributed by atoms with Gasteiger partial charge in [0.1, 0.15) is 12.1 Å². The Kier molecular flexibility index (Phi) is 3.68. The minimum absolute atomic E-state index is 0.0921. The molecule has 112 valence electrons. The number of carboxylic acids is 1. The minimum atomic E-state index is -0.905. The number of aliphatic carboxylic acids is 1. The van der Waals surface area contributed by atoms with Crippen LogP contribution in [0.1, 0.15) is 30.9 Å². The summed E-state index contributed by atoms with van der Waals surface area (Å²) in [5.74, 6) is -0.770. The number of hydrogen-bond donors (Lipinski definition) is 2. The summed E-state index contributed by atoms with van der Waals surface area (Å²) in [5.41, 5.74) is 6.77. The number of rotatable bonds is 3. The summed E-state index contributed by atoms with van der Waals surface area (Å²) in [6.45, 7) is 0.529. The third-order valence-electron chi connectivity index (χ3n) is 4.85. The van der Waals surface area contributed by atoms with Gasteiger partial charge in [-0.15, -0.1) is 0 Å². The number of hydrogen-bond acceptors (Lipinski definition) is 3. The minimum Gasteiger partial charge on any atom is -0.480 e. The van der Waals surface area contributed by atoms with Crippen LogP contribution in [0.4, 0.5) is 0 Å². The number of carboxylic acid groups (broad SMARTS) is 1. The number of carbonyl (C=O) groups is 2. The van der Waals surface area contributed by atoms with E-state index in [0.29, 0.717) is 12.5 Å². The molecule has 21 heavy (non-hydrogen) atoms. The Morgan fingerprint density at radius 3 is 2.62 bits per heavy atom. The number of amides is 1. The molecule has 5 nitrogen and oxygen atoms in total. The maximum absolute atomic E-state index is 12.6. The smallest absolute Gasteiger partial charge is 0.326 e. The van der Waals surface area contributed by atoms with Crippen LogP contribution in [0.5, 0.6) is 0 Å². The Morgan fingerprint density at radius 1 is 1.24 bits per heavy atom. The molecule has 3 N–H and O–H groups in total. The topological polar surface area (TPSA) is 83.6 Å². The van der Waals surface area contributed by atoms with E-state index in [0.717, 1.165) is 24.8 Å². The first-order valence-electron chi connectivity index (χ1n) is 7.43. The van der Waals surface area contributed by atoms with Crippen molar-refractivity contribution in [3.05, 3.63) is 35.9 Å². The highest BCUT2D eigenvalue weighted by atomic mass is 16.4. The summed E-state index contributed by atoms with van der Waals surface area (Å²) in [4.78, 5) is 25.7. The number of carbonyl (C=O) groups excluding carboxylic acids is 1. The first-order valence-corrected chi connectivity index (χ1v) is 7.43. The molecule has 0 radical (unpaired) electrons. The molecule has 4 atom stereocenters. The molecule has 1 heterocycles. The summed E-state index contributed by atoms with van der Waals surface area (Å²) in [6, 6.07) is 7.63. The average molecular weight is 288 g/mol. The van der Waals surface area contributed by atoms with Crippen LogP contribution in [0, 0.1) is 11.8 Å². The molecule has 4 unspecified atom stereocenters. The summed E-state index contributed by atoms with van der Waals surface area (Å²) in [7, 11) is 0. The van der Waals surface area contributed by atoms with E-state index in [9.17, 15) is 14.7 Å². The van der Waals surface area contributed by atoms with Crippen LogP contribution in [0.25, 0.3) is 0 Å². The first kappa shape index (κ1) is 14.1. The van der Waals surface area contributed by atoms with Crippen molar-refractivity contribution in [2.24, 2.45) is 17.6 Å². The van der Waals surface area contributed by atoms with Gasteiger partial charge >= 0.3 is 5.97 Å². The second-order valence-electron chi connectivity index (χ2n) is 6.02. The normalized spacial score (nSPS) is 29.2. The zero-order valence-corrected chi connectivity index (χ0v) is 11.8. The molecule has 1 amide bonds. The standard InChI is InChI=1S/C16H20N2O3/c17-13(10-5-2-1-3-6-10)15(19)18-9-11-7-4-8-12(11)14(18)16(20)21/h1-3,5-6,11-14H,4,7-9,17H2,(H,20,21). The third-order valence-corrected chi connectivity index (χ3v) is 4.85. The second kappa shape index (κ2) is 5.48. The monoisotopic (exact) mass is 288 g/mol. The summed E-state index contributed by atoms with van der Waals surface area (Å²) < 4.78 is 0. The molecule has 1 aromatic rings. The van der Waals surface area contributed by atoms with E-state index in [1.165, 1.54) is 4.90 Å². The quantitative estimate of drug-likeness (QED) is 0.880. The molecule has 0 bridgehead atoms. The number of fused-ring (bicyclic) bond motifs is 1. The average Bonchev–Trinajstić information content (AvgIpc) is 3.06. The molecule has 0 spiro atoms. The molecular weight excluding hydrogens is 268 g/mol. The zero-order chi connectivity index (χ0) is 15.0. The lowest BCUT2D eigenvalue weighted by Gasteiger charge is -2.27. The van der Waals surface area contributed by atoms with Crippen molar-refractivity contribution >= 4 is 11.9 Å². The van der Waals surface area contributed by atoms with Gasteiger partial charge in [0.05, 0.1) is 0 Å². The Balaban J connectivity index is 1.82. The number of benzene rings is 1. The summed E-state index contributed by atoms with van der Waals surface area (Å²) in [6.07, 6.45) is 2.97. The molecule has 3 rings (SSSR count). The highest BCUT2D eigenvalue weighted by molar-refractivity contribution is 5.88. The Hall–Kier alpha value is -1.88. The number of nitrogens with two attached hydrogens (primary N) is 1. The van der Waals surface area contributed by atoms with Crippen molar-refractivity contribution in [2.45, 2.75) is 31.3 Å². The van der Waals surface area contributed by atoms with Gasteiger partial charge in [0.25, 0.3) is 0 Å². The van der Waals surface area contributed by atoms with Gasteiger partial charge < -0.3 is 15.7 Å². The summed E-state index contributed by atoms with van der Waals surface area (Å²) >= 11 is 0. The van der Waals surface area contributed by atoms with Gasteiger partial charge in [-0.1, -0.05) is 36.8 Å². The predicted octanol–water partition coefficient (Wildman–Crippen LogP) is 1.40. The van der Waals surface area contributed by atoms with E-state index in [1.807, 2.05) is 18.2 Å².